The monoisotopic (exact) mass is 296 g/mol. The van der Waals surface area contributed by atoms with Crippen molar-refractivity contribution in [3.05, 3.63) is 58.7 Å². The molecule has 6 nitrogen and oxygen atoms in total. The van der Waals surface area contributed by atoms with Gasteiger partial charge in [0.1, 0.15) is 0 Å². The maximum atomic E-state index is 11.2. The molecule has 22 heavy (non-hydrogen) atoms. The van der Waals surface area contributed by atoms with Crippen molar-refractivity contribution in [3.63, 3.8) is 0 Å². The van der Waals surface area contributed by atoms with Crippen LogP contribution < -0.4 is 11.5 Å². The third-order valence-corrected chi connectivity index (χ3v) is 2.90. The van der Waals surface area contributed by atoms with Crippen molar-refractivity contribution in [2.75, 3.05) is 11.5 Å². The van der Waals surface area contributed by atoms with Gasteiger partial charge in [-0.3, -0.25) is 0 Å². The van der Waals surface area contributed by atoms with Gasteiger partial charge in [0.05, 0.1) is 11.1 Å². The van der Waals surface area contributed by atoms with Crippen molar-refractivity contribution in [2.45, 2.75) is 0 Å². The van der Waals surface area contributed by atoms with Gasteiger partial charge in [0, 0.05) is 22.5 Å². The van der Waals surface area contributed by atoms with Gasteiger partial charge >= 0.3 is 11.9 Å². The second kappa shape index (κ2) is 5.89. The van der Waals surface area contributed by atoms with Gasteiger partial charge in [-0.2, -0.15) is 0 Å². The molecule has 0 saturated heterocycles. The molecule has 0 aliphatic heterocycles. The topological polar surface area (TPSA) is 127 Å². The zero-order valence-electron chi connectivity index (χ0n) is 11.3. The molecule has 2 aromatic carbocycles. The van der Waals surface area contributed by atoms with Gasteiger partial charge in [-0.25, -0.2) is 9.59 Å². The number of carboxylic acid groups (broad SMARTS) is 2. The van der Waals surface area contributed by atoms with Crippen LogP contribution in [0.3, 0.4) is 0 Å². The molecule has 0 aliphatic rings. The van der Waals surface area contributed by atoms with Crippen molar-refractivity contribution < 1.29 is 19.8 Å². The van der Waals surface area contributed by atoms with E-state index in [0.29, 0.717) is 11.3 Å². The number of nitrogen functional groups attached to an aromatic ring is 2. The minimum Gasteiger partial charge on any atom is -0.478 e. The molecule has 0 radical (unpaired) electrons. The van der Waals surface area contributed by atoms with Crippen LogP contribution in [0.1, 0.15) is 31.8 Å². The zero-order chi connectivity index (χ0) is 16.3. The summed E-state index contributed by atoms with van der Waals surface area (Å²) in [5.74, 6) is 3.14. The van der Waals surface area contributed by atoms with Crippen molar-refractivity contribution in [3.8, 4) is 11.8 Å². The molecule has 2 aromatic rings. The number of carboxylic acids is 2. The van der Waals surface area contributed by atoms with Crippen molar-refractivity contribution in [2.24, 2.45) is 0 Å². The minimum absolute atomic E-state index is 0.0126. The molecule has 0 spiro atoms. The van der Waals surface area contributed by atoms with E-state index in [1.54, 1.807) is 12.1 Å². The van der Waals surface area contributed by atoms with E-state index in [-0.39, 0.29) is 22.4 Å². The molecule has 0 heterocycles. The lowest BCUT2D eigenvalue weighted by molar-refractivity contribution is 0.0686. The lowest BCUT2D eigenvalue weighted by Crippen LogP contribution is -2.03. The lowest BCUT2D eigenvalue weighted by Gasteiger charge is -2.02. The van der Waals surface area contributed by atoms with Crippen LogP contribution in [-0.2, 0) is 0 Å². The maximum absolute atomic E-state index is 11.2. The third-order valence-electron chi connectivity index (χ3n) is 2.90. The van der Waals surface area contributed by atoms with E-state index < -0.39 is 11.9 Å². The van der Waals surface area contributed by atoms with E-state index in [0.717, 1.165) is 0 Å². The molecule has 0 unspecified atom stereocenters. The van der Waals surface area contributed by atoms with Crippen molar-refractivity contribution in [1.29, 1.82) is 0 Å². The molecular weight excluding hydrogens is 284 g/mol. The first kappa shape index (κ1) is 14.9. The summed E-state index contributed by atoms with van der Waals surface area (Å²) >= 11 is 0. The molecule has 110 valence electrons. The van der Waals surface area contributed by atoms with Gasteiger partial charge in [0.2, 0.25) is 0 Å². The average Bonchev–Trinajstić information content (AvgIpc) is 2.46. The number of anilines is 2. The van der Waals surface area contributed by atoms with Crippen LogP contribution >= 0.6 is 0 Å². The van der Waals surface area contributed by atoms with Crippen LogP contribution in [0.25, 0.3) is 0 Å². The van der Waals surface area contributed by atoms with Gasteiger partial charge in [0.25, 0.3) is 0 Å². The van der Waals surface area contributed by atoms with Crippen LogP contribution in [0.15, 0.2) is 36.4 Å². The Morgan fingerprint density at radius 1 is 0.864 bits per heavy atom. The second-order valence-electron chi connectivity index (χ2n) is 4.47. The van der Waals surface area contributed by atoms with Gasteiger partial charge < -0.3 is 21.7 Å². The molecule has 0 saturated carbocycles. The fraction of sp³-hybridized carbons (Fsp3) is 0. The van der Waals surface area contributed by atoms with E-state index in [4.69, 9.17) is 21.7 Å². The first-order valence-corrected chi connectivity index (χ1v) is 6.16. The molecule has 0 amide bonds. The highest BCUT2D eigenvalue weighted by Crippen LogP contribution is 2.15. The Morgan fingerprint density at radius 3 is 2.18 bits per heavy atom. The molecule has 0 atom stereocenters. The number of carbonyl (C=O) groups is 2. The van der Waals surface area contributed by atoms with E-state index in [1.165, 1.54) is 24.3 Å². The average molecular weight is 296 g/mol. The number of aromatic carboxylic acids is 2. The standard InChI is InChI=1S/C16H12N2O4/c17-11-5-4-10(12(8-11)15(19)20)3-1-9-2-6-14(18)13(7-9)16(21)22/h2,4-8H,17-18H2,(H,19,20)(H,21,22). The Bertz CT molecular complexity index is 832. The van der Waals surface area contributed by atoms with Gasteiger partial charge in [-0.1, -0.05) is 11.8 Å². The molecule has 0 aliphatic carbocycles. The van der Waals surface area contributed by atoms with E-state index in [1.807, 2.05) is 0 Å². The molecule has 6 heteroatoms. The molecule has 6 N–H and O–H groups in total. The highest BCUT2D eigenvalue weighted by atomic mass is 16.4. The fourth-order valence-electron chi connectivity index (χ4n) is 1.81. The summed E-state index contributed by atoms with van der Waals surface area (Å²) in [6, 6.07) is 8.70. The van der Waals surface area contributed by atoms with Crippen LogP contribution in [0, 0.1) is 11.8 Å². The van der Waals surface area contributed by atoms with E-state index in [2.05, 4.69) is 11.8 Å². The first-order valence-electron chi connectivity index (χ1n) is 6.16. The summed E-state index contributed by atoms with van der Waals surface area (Å²) in [6.07, 6.45) is 0. The van der Waals surface area contributed by atoms with Crippen LogP contribution in [0.4, 0.5) is 11.4 Å². The van der Waals surface area contributed by atoms with Gasteiger partial charge in [0.15, 0.2) is 0 Å². The summed E-state index contributed by atoms with van der Waals surface area (Å²) in [4.78, 5) is 22.2. The number of nitrogens with two attached hydrogens (primary N) is 2. The van der Waals surface area contributed by atoms with Crippen LogP contribution in [0.5, 0.6) is 0 Å². The second-order valence-corrected chi connectivity index (χ2v) is 4.47. The summed E-state index contributed by atoms with van der Waals surface area (Å²) < 4.78 is 0. The Morgan fingerprint density at radius 2 is 1.55 bits per heavy atom. The largest absolute Gasteiger partial charge is 0.478 e. The summed E-state index contributed by atoms with van der Waals surface area (Å²) in [7, 11) is 0. The van der Waals surface area contributed by atoms with E-state index in [9.17, 15) is 9.59 Å². The fourth-order valence-corrected chi connectivity index (χ4v) is 1.81. The predicted molar refractivity (Wildman–Crippen MR) is 81.6 cm³/mol. The first-order chi connectivity index (χ1) is 10.4. The number of hydrogen-bond acceptors (Lipinski definition) is 4. The van der Waals surface area contributed by atoms with Crippen molar-refractivity contribution in [1.82, 2.24) is 0 Å². The molecule has 0 aromatic heterocycles. The number of benzene rings is 2. The number of rotatable bonds is 2. The number of hydrogen-bond donors (Lipinski definition) is 4. The van der Waals surface area contributed by atoms with Crippen LogP contribution in [0.2, 0.25) is 0 Å². The smallest absolute Gasteiger partial charge is 0.337 e. The molecule has 2 rings (SSSR count). The van der Waals surface area contributed by atoms with E-state index >= 15 is 0 Å². The Balaban J connectivity index is 2.45. The Labute approximate surface area is 126 Å². The predicted octanol–water partition coefficient (Wildman–Crippen LogP) is 1.65. The van der Waals surface area contributed by atoms with Gasteiger partial charge in [-0.15, -0.1) is 0 Å². The normalized spacial score (nSPS) is 9.64. The van der Waals surface area contributed by atoms with Crippen LogP contribution in [-0.4, -0.2) is 22.2 Å². The minimum atomic E-state index is -1.15. The Kier molecular flexibility index (Phi) is 4.00. The highest BCUT2D eigenvalue weighted by molar-refractivity contribution is 5.94. The molecule has 0 fully saturated rings. The zero-order valence-corrected chi connectivity index (χ0v) is 11.3. The summed E-state index contributed by atoms with van der Waals surface area (Å²) in [5.41, 5.74) is 12.2. The maximum Gasteiger partial charge on any atom is 0.337 e. The third kappa shape index (κ3) is 3.16. The molecular formula is C16H12N2O4. The summed E-state index contributed by atoms with van der Waals surface area (Å²) in [5, 5.41) is 18.1. The summed E-state index contributed by atoms with van der Waals surface area (Å²) in [6.45, 7) is 0. The van der Waals surface area contributed by atoms with Gasteiger partial charge in [-0.05, 0) is 36.4 Å². The highest BCUT2D eigenvalue weighted by Gasteiger charge is 2.09. The lowest BCUT2D eigenvalue weighted by atomic mass is 10.1. The van der Waals surface area contributed by atoms with Crippen molar-refractivity contribution >= 4 is 23.3 Å². The molecule has 0 bridgehead atoms. The Hall–Kier alpha value is -3.46. The SMILES string of the molecule is Nc1ccc(C#Cc2ccc(N)c(C(=O)O)c2)c(C(=O)O)c1. The quantitative estimate of drug-likeness (QED) is 0.493.